The van der Waals surface area contributed by atoms with Crippen molar-refractivity contribution < 1.29 is 19.8 Å². The molecule has 0 aromatic heterocycles. The fourth-order valence-electron chi connectivity index (χ4n) is 2.63. The number of hydrogen-bond donors (Lipinski definition) is 0. The average molecular weight is 600 g/mol. The van der Waals surface area contributed by atoms with Gasteiger partial charge in [0, 0.05) is 35.3 Å². The number of hydrogen-bond acceptors (Lipinski definition) is 6. The van der Waals surface area contributed by atoms with Gasteiger partial charge in [-0.05, 0) is 24.3 Å². The number of carbonyl (C=O) groups is 2. The van der Waals surface area contributed by atoms with Crippen LogP contribution in [0.15, 0.2) is 0 Å². The predicted molar refractivity (Wildman–Crippen MR) is 135 cm³/mol. The molecule has 0 aliphatic rings. The summed E-state index contributed by atoms with van der Waals surface area (Å²) in [5, 5.41) is 20.8. The Balaban J connectivity index is -0.000000490. The van der Waals surface area contributed by atoms with Crippen LogP contribution in [0.3, 0.4) is 0 Å². The SMILES string of the molecule is CCCCCCCCSCC(C)C(=O)[O-].CCCCCCCCSCC(C)C(=O)[O-].[Ba+2]. The number of aliphatic carboxylic acids is 2. The number of carboxylic acids is 2. The van der Waals surface area contributed by atoms with Crippen molar-refractivity contribution in [3.63, 3.8) is 0 Å². The first-order chi connectivity index (χ1) is 14.4. The Morgan fingerprint density at radius 1 is 0.613 bits per heavy atom. The van der Waals surface area contributed by atoms with Gasteiger partial charge in [-0.15, -0.1) is 0 Å². The molecule has 0 fully saturated rings. The van der Waals surface area contributed by atoms with Crippen molar-refractivity contribution in [2.24, 2.45) is 11.8 Å². The van der Waals surface area contributed by atoms with Crippen molar-refractivity contribution in [2.45, 2.75) is 105 Å². The largest absolute Gasteiger partial charge is 2.00 e. The summed E-state index contributed by atoms with van der Waals surface area (Å²) in [6, 6.07) is 0. The van der Waals surface area contributed by atoms with Crippen LogP contribution >= 0.6 is 23.5 Å². The first-order valence-electron chi connectivity index (χ1n) is 11.9. The van der Waals surface area contributed by atoms with Gasteiger partial charge >= 0.3 is 48.9 Å². The normalized spacial score (nSPS) is 12.3. The van der Waals surface area contributed by atoms with Gasteiger partial charge in [0.1, 0.15) is 0 Å². The number of rotatable bonds is 20. The maximum Gasteiger partial charge on any atom is 2.00 e. The van der Waals surface area contributed by atoms with Crippen molar-refractivity contribution in [1.82, 2.24) is 0 Å². The molecule has 0 saturated carbocycles. The van der Waals surface area contributed by atoms with E-state index in [0.717, 1.165) is 11.5 Å². The van der Waals surface area contributed by atoms with Crippen LogP contribution in [0, 0.1) is 11.8 Å². The monoisotopic (exact) mass is 600 g/mol. The molecule has 180 valence electrons. The first kappa shape index (κ1) is 36.8. The molecule has 31 heavy (non-hydrogen) atoms. The van der Waals surface area contributed by atoms with Crippen LogP contribution in [-0.2, 0) is 9.59 Å². The molecule has 0 radical (unpaired) electrons. The van der Waals surface area contributed by atoms with E-state index in [2.05, 4.69) is 13.8 Å². The fourth-order valence-corrected chi connectivity index (χ4v) is 4.75. The molecule has 0 bridgehead atoms. The molecule has 0 heterocycles. The summed E-state index contributed by atoms with van der Waals surface area (Å²) >= 11 is 3.47. The van der Waals surface area contributed by atoms with Gasteiger partial charge in [-0.2, -0.15) is 23.5 Å². The van der Waals surface area contributed by atoms with Crippen molar-refractivity contribution in [3.8, 4) is 0 Å². The van der Waals surface area contributed by atoms with Gasteiger partial charge in [-0.3, -0.25) is 0 Å². The summed E-state index contributed by atoms with van der Waals surface area (Å²) in [4.78, 5) is 20.8. The number of thioether (sulfide) groups is 2. The minimum absolute atomic E-state index is 0. The van der Waals surface area contributed by atoms with E-state index in [-0.39, 0.29) is 60.7 Å². The fraction of sp³-hybridized carbons (Fsp3) is 0.917. The molecule has 0 spiro atoms. The molecule has 0 amide bonds. The maximum atomic E-state index is 10.4. The van der Waals surface area contributed by atoms with Crippen molar-refractivity contribution in [2.75, 3.05) is 23.0 Å². The Labute approximate surface area is 241 Å². The second-order valence-electron chi connectivity index (χ2n) is 8.13. The summed E-state index contributed by atoms with van der Waals surface area (Å²) in [5.41, 5.74) is 0. The van der Waals surface area contributed by atoms with Gasteiger partial charge in [0.15, 0.2) is 0 Å². The van der Waals surface area contributed by atoms with E-state index in [1.807, 2.05) is 0 Å². The summed E-state index contributed by atoms with van der Waals surface area (Å²) in [6.07, 6.45) is 15.6. The van der Waals surface area contributed by atoms with Gasteiger partial charge in [0.05, 0.1) is 0 Å². The maximum absolute atomic E-state index is 10.4. The van der Waals surface area contributed by atoms with Crippen LogP contribution in [0.25, 0.3) is 0 Å². The second kappa shape index (κ2) is 29.2. The molecule has 4 nitrogen and oxygen atoms in total. The Morgan fingerprint density at radius 2 is 0.903 bits per heavy atom. The molecule has 0 aliphatic heterocycles. The molecule has 0 saturated heterocycles. The summed E-state index contributed by atoms with van der Waals surface area (Å²) < 4.78 is 0. The van der Waals surface area contributed by atoms with E-state index in [0.29, 0.717) is 11.5 Å². The second-order valence-corrected chi connectivity index (χ2v) is 10.4. The average Bonchev–Trinajstić information content (AvgIpc) is 2.71. The van der Waals surface area contributed by atoms with E-state index < -0.39 is 11.9 Å². The molecule has 0 aromatic carbocycles. The minimum Gasteiger partial charge on any atom is -0.550 e. The molecule has 0 aromatic rings. The Bertz CT molecular complexity index is 362. The predicted octanol–water partition coefficient (Wildman–Crippen LogP) is 4.55. The summed E-state index contributed by atoms with van der Waals surface area (Å²) in [7, 11) is 0. The van der Waals surface area contributed by atoms with E-state index in [1.165, 1.54) is 77.0 Å². The van der Waals surface area contributed by atoms with E-state index >= 15 is 0 Å². The van der Waals surface area contributed by atoms with Crippen LogP contribution in [0.4, 0.5) is 0 Å². The van der Waals surface area contributed by atoms with Crippen molar-refractivity contribution >= 4 is 84.3 Å². The molecule has 7 heteroatoms. The van der Waals surface area contributed by atoms with Gasteiger partial charge < -0.3 is 19.8 Å². The number of carboxylic acid groups (broad SMARTS) is 2. The zero-order chi connectivity index (χ0) is 23.0. The number of unbranched alkanes of at least 4 members (excludes halogenated alkanes) is 10. The Hall–Kier alpha value is 1.21. The minimum atomic E-state index is -0.926. The topological polar surface area (TPSA) is 80.3 Å². The molecular formula is C24H46BaO4S2. The van der Waals surface area contributed by atoms with Crippen LogP contribution in [0.1, 0.15) is 105 Å². The number of carbonyl (C=O) groups excluding carboxylic acids is 2. The third kappa shape index (κ3) is 31.2. The van der Waals surface area contributed by atoms with E-state index in [9.17, 15) is 19.8 Å². The van der Waals surface area contributed by atoms with Gasteiger partial charge in [0.25, 0.3) is 0 Å². The zero-order valence-corrected chi connectivity index (χ0v) is 26.7. The van der Waals surface area contributed by atoms with E-state index in [4.69, 9.17) is 0 Å². The molecule has 0 N–H and O–H groups in total. The van der Waals surface area contributed by atoms with Crippen LogP contribution in [0.2, 0.25) is 0 Å². The third-order valence-corrected chi connectivity index (χ3v) is 7.45. The zero-order valence-electron chi connectivity index (χ0n) is 20.6. The van der Waals surface area contributed by atoms with Gasteiger partial charge in [0.2, 0.25) is 0 Å². The summed E-state index contributed by atoms with van der Waals surface area (Å²) in [6.45, 7) is 7.86. The standard InChI is InChI=1S/2C12H24O2S.Ba/c2*1-3-4-5-6-7-8-9-15-10-11(2)12(13)14;/h2*11H,3-10H2,1-2H3,(H,13,14);/q;;+2/p-2. The Morgan fingerprint density at radius 3 is 1.19 bits per heavy atom. The molecule has 0 aliphatic carbocycles. The van der Waals surface area contributed by atoms with Crippen LogP contribution in [0.5, 0.6) is 0 Å². The van der Waals surface area contributed by atoms with Crippen molar-refractivity contribution in [1.29, 1.82) is 0 Å². The molecule has 2 unspecified atom stereocenters. The Kier molecular flexibility index (Phi) is 34.7. The quantitative estimate of drug-likeness (QED) is 0.151. The van der Waals surface area contributed by atoms with Gasteiger partial charge in [-0.25, -0.2) is 0 Å². The van der Waals surface area contributed by atoms with E-state index in [1.54, 1.807) is 37.4 Å². The third-order valence-electron chi connectivity index (χ3n) is 4.82. The summed E-state index contributed by atoms with van der Waals surface area (Å²) in [5.74, 6) is 1.09. The van der Waals surface area contributed by atoms with Crippen molar-refractivity contribution in [3.05, 3.63) is 0 Å². The molecule has 2 atom stereocenters. The molecular weight excluding hydrogens is 554 g/mol. The smallest absolute Gasteiger partial charge is 0.550 e. The first-order valence-corrected chi connectivity index (χ1v) is 14.2. The molecule has 0 rings (SSSR count). The van der Waals surface area contributed by atoms with Crippen LogP contribution < -0.4 is 10.2 Å². The van der Waals surface area contributed by atoms with Gasteiger partial charge in [-0.1, -0.05) is 91.9 Å². The van der Waals surface area contributed by atoms with Crippen LogP contribution in [-0.4, -0.2) is 83.8 Å².